The third-order valence-electron chi connectivity index (χ3n) is 5.11. The highest BCUT2D eigenvalue weighted by Crippen LogP contribution is 2.33. The highest BCUT2D eigenvalue weighted by Gasteiger charge is 2.13. The van der Waals surface area contributed by atoms with Crippen LogP contribution >= 0.6 is 0 Å². The van der Waals surface area contributed by atoms with Crippen LogP contribution in [0.5, 0.6) is 23.0 Å². The van der Waals surface area contributed by atoms with Crippen LogP contribution in [0.2, 0.25) is 25.7 Å². The average Bonchev–Trinajstić information content (AvgIpc) is 2.77. The fraction of sp³-hybridized carbons (Fsp3) is 0.429. The van der Waals surface area contributed by atoms with Gasteiger partial charge in [-0.1, -0.05) is 37.4 Å². The molecule has 0 aliphatic rings. The summed E-state index contributed by atoms with van der Waals surface area (Å²) in [5.74, 6) is 2.91. The van der Waals surface area contributed by atoms with E-state index in [4.69, 9.17) is 23.7 Å². The molecule has 0 saturated carbocycles. The van der Waals surface area contributed by atoms with E-state index in [2.05, 4.69) is 39.6 Å². The van der Waals surface area contributed by atoms with Crippen molar-refractivity contribution >= 4 is 20.2 Å². The maximum atomic E-state index is 5.90. The smallest absolute Gasteiger partial charge is 0.189 e. The van der Waals surface area contributed by atoms with Crippen molar-refractivity contribution in [2.45, 2.75) is 46.5 Å². The Balaban J connectivity index is 2.12. The van der Waals surface area contributed by atoms with Crippen LogP contribution in [-0.4, -0.2) is 42.3 Å². The van der Waals surface area contributed by atoms with Gasteiger partial charge in [0.25, 0.3) is 0 Å². The van der Waals surface area contributed by atoms with Gasteiger partial charge >= 0.3 is 0 Å². The number of rotatable bonds is 13. The summed E-state index contributed by atoms with van der Waals surface area (Å²) in [5.41, 5.74) is 4.21. The molecule has 0 bridgehead atoms. The fourth-order valence-corrected chi connectivity index (χ4v) is 3.88. The van der Waals surface area contributed by atoms with Gasteiger partial charge in [-0.3, -0.25) is 0 Å². The molecule has 0 aliphatic carbocycles. The minimum Gasteiger partial charge on any atom is -0.497 e. The largest absolute Gasteiger partial charge is 0.497 e. The first-order valence-corrected chi connectivity index (χ1v) is 15.3. The van der Waals surface area contributed by atoms with Gasteiger partial charge in [0.05, 0.1) is 14.2 Å². The molecule has 0 aromatic heterocycles. The van der Waals surface area contributed by atoms with Crippen molar-refractivity contribution in [2.24, 2.45) is 0 Å². The van der Waals surface area contributed by atoms with Crippen LogP contribution in [0.15, 0.2) is 42.0 Å². The summed E-state index contributed by atoms with van der Waals surface area (Å²) in [5, 5.41) is 0. The minimum absolute atomic E-state index is 0.218. The Bertz CT molecular complexity index is 985. The van der Waals surface area contributed by atoms with Crippen molar-refractivity contribution in [3.63, 3.8) is 0 Å². The van der Waals surface area contributed by atoms with Gasteiger partial charge in [-0.25, -0.2) is 0 Å². The Kier molecular flexibility index (Phi) is 10.7. The molecule has 186 valence electrons. The third-order valence-corrected chi connectivity index (χ3v) is 6.82. The van der Waals surface area contributed by atoms with E-state index in [1.54, 1.807) is 14.2 Å². The molecule has 2 aromatic carbocycles. The van der Waals surface area contributed by atoms with Gasteiger partial charge in [0.1, 0.15) is 18.1 Å². The molecule has 0 spiro atoms. The topological polar surface area (TPSA) is 46.2 Å². The summed E-state index contributed by atoms with van der Waals surface area (Å²) < 4.78 is 28.5. The van der Waals surface area contributed by atoms with Crippen LogP contribution in [0, 0.1) is 6.92 Å². The molecule has 2 aromatic rings. The van der Waals surface area contributed by atoms with Crippen LogP contribution in [0.4, 0.5) is 0 Å². The quantitative estimate of drug-likeness (QED) is 0.0987. The number of methoxy groups -OCH3 is 2. The average molecular weight is 485 g/mol. The predicted octanol–water partition coefficient (Wildman–Crippen LogP) is 7.22. The molecule has 0 amide bonds. The van der Waals surface area contributed by atoms with Crippen molar-refractivity contribution in [3.8, 4) is 23.0 Å². The number of ether oxygens (including phenoxy) is 5. The maximum Gasteiger partial charge on any atom is 0.189 e. The standard InChI is InChI=1S/C28H40O5Si/c1-21(2)11-12-32-26-17-24(16-25(19-26)29-4)10-9-23-15-22(3)28(27(18-23)30-5)33-20-31-13-14-34(6,7)8/h9-11,15-19H,12-14,20H2,1-8H3. The molecule has 34 heavy (non-hydrogen) atoms. The molecule has 0 fully saturated rings. The lowest BCUT2D eigenvalue weighted by atomic mass is 10.1. The molecule has 0 radical (unpaired) electrons. The molecular weight excluding hydrogens is 444 g/mol. The van der Waals surface area contributed by atoms with Gasteiger partial charge in [-0.05, 0) is 73.8 Å². The van der Waals surface area contributed by atoms with Crippen LogP contribution in [-0.2, 0) is 4.74 Å². The number of hydrogen-bond acceptors (Lipinski definition) is 5. The molecule has 0 N–H and O–H groups in total. The van der Waals surface area contributed by atoms with E-state index in [0.717, 1.165) is 40.8 Å². The van der Waals surface area contributed by atoms with E-state index in [-0.39, 0.29) is 6.79 Å². The predicted molar refractivity (Wildman–Crippen MR) is 144 cm³/mol. The first kappa shape index (κ1) is 27.5. The molecule has 0 unspecified atom stereocenters. The summed E-state index contributed by atoms with van der Waals surface area (Å²) in [7, 11) is 2.20. The van der Waals surface area contributed by atoms with Gasteiger partial charge in [0.2, 0.25) is 0 Å². The normalized spacial score (nSPS) is 11.4. The lowest BCUT2D eigenvalue weighted by Crippen LogP contribution is -2.22. The lowest BCUT2D eigenvalue weighted by Gasteiger charge is -2.17. The number of benzene rings is 2. The Morgan fingerprint density at radius 3 is 2.15 bits per heavy atom. The van der Waals surface area contributed by atoms with Crippen LogP contribution < -0.4 is 18.9 Å². The van der Waals surface area contributed by atoms with E-state index in [1.807, 2.05) is 49.4 Å². The van der Waals surface area contributed by atoms with Gasteiger partial charge < -0.3 is 23.7 Å². The molecule has 2 rings (SSSR count). The molecule has 6 heteroatoms. The lowest BCUT2D eigenvalue weighted by molar-refractivity contribution is 0.0201. The molecule has 5 nitrogen and oxygen atoms in total. The molecule has 0 aliphatic heterocycles. The van der Waals surface area contributed by atoms with Crippen LogP contribution in [0.3, 0.4) is 0 Å². The second-order valence-electron chi connectivity index (χ2n) is 9.72. The zero-order valence-corrected chi connectivity index (χ0v) is 23.0. The van der Waals surface area contributed by atoms with Gasteiger partial charge in [0, 0.05) is 20.7 Å². The maximum absolute atomic E-state index is 5.90. The van der Waals surface area contributed by atoms with E-state index in [0.29, 0.717) is 18.1 Å². The zero-order valence-electron chi connectivity index (χ0n) is 22.0. The van der Waals surface area contributed by atoms with E-state index in [1.165, 1.54) is 5.57 Å². The SMILES string of the molecule is COc1cc(C=Cc2cc(C)c(OCOCC[Si](C)(C)C)c(OC)c2)cc(OCC=C(C)C)c1. The van der Waals surface area contributed by atoms with Gasteiger partial charge in [-0.15, -0.1) is 0 Å². The monoisotopic (exact) mass is 484 g/mol. The number of allylic oxidation sites excluding steroid dienone is 1. The summed E-state index contributed by atoms with van der Waals surface area (Å²) in [4.78, 5) is 0. The molecule has 0 saturated heterocycles. The number of aryl methyl sites for hydroxylation is 1. The van der Waals surface area contributed by atoms with E-state index in [9.17, 15) is 0 Å². The Morgan fingerprint density at radius 1 is 0.853 bits per heavy atom. The summed E-state index contributed by atoms with van der Waals surface area (Å²) >= 11 is 0. The van der Waals surface area contributed by atoms with Crippen molar-refractivity contribution < 1.29 is 23.7 Å². The van der Waals surface area contributed by atoms with Crippen molar-refractivity contribution in [1.82, 2.24) is 0 Å². The van der Waals surface area contributed by atoms with Crippen LogP contribution in [0.1, 0.15) is 30.5 Å². The van der Waals surface area contributed by atoms with Gasteiger partial charge in [-0.2, -0.15) is 0 Å². The highest BCUT2D eigenvalue weighted by molar-refractivity contribution is 6.76. The fourth-order valence-electron chi connectivity index (χ4n) is 3.13. The van der Waals surface area contributed by atoms with Crippen LogP contribution in [0.25, 0.3) is 12.2 Å². The Hall–Kier alpha value is -2.70. The van der Waals surface area contributed by atoms with Crippen molar-refractivity contribution in [1.29, 1.82) is 0 Å². The van der Waals surface area contributed by atoms with Crippen molar-refractivity contribution in [3.05, 3.63) is 58.7 Å². The third kappa shape index (κ3) is 9.65. The van der Waals surface area contributed by atoms with Gasteiger partial charge in [0.15, 0.2) is 18.3 Å². The molecular formula is C28H40O5Si. The minimum atomic E-state index is -1.11. The Morgan fingerprint density at radius 2 is 1.53 bits per heavy atom. The zero-order chi connectivity index (χ0) is 25.1. The molecule has 0 atom stereocenters. The van der Waals surface area contributed by atoms with Crippen molar-refractivity contribution in [2.75, 3.05) is 34.2 Å². The highest BCUT2D eigenvalue weighted by atomic mass is 28.3. The van der Waals surface area contributed by atoms with E-state index < -0.39 is 8.07 Å². The number of hydrogen-bond donors (Lipinski definition) is 0. The first-order valence-electron chi connectivity index (χ1n) is 11.6. The van der Waals surface area contributed by atoms with E-state index >= 15 is 0 Å². The summed E-state index contributed by atoms with van der Waals surface area (Å²) in [6.07, 6.45) is 6.12. The second-order valence-corrected chi connectivity index (χ2v) is 15.3. The summed E-state index contributed by atoms with van der Waals surface area (Å²) in [6, 6.07) is 11.0. The summed E-state index contributed by atoms with van der Waals surface area (Å²) in [6.45, 7) is 14.6. The molecule has 0 heterocycles. The Labute approximate surface area is 206 Å². The first-order chi connectivity index (χ1) is 16.1. The second kappa shape index (κ2) is 13.3.